The Hall–Kier alpha value is -0.930. The van der Waals surface area contributed by atoms with E-state index in [0.29, 0.717) is 5.56 Å². The van der Waals surface area contributed by atoms with Gasteiger partial charge in [-0.1, -0.05) is 12.1 Å². The van der Waals surface area contributed by atoms with Gasteiger partial charge in [0.25, 0.3) is 0 Å². The average Bonchev–Trinajstić information content (AvgIpc) is 2.48. The Morgan fingerprint density at radius 3 is 1.96 bits per heavy atom. The van der Waals surface area contributed by atoms with E-state index in [4.69, 9.17) is 10.2 Å². The van der Waals surface area contributed by atoms with Crippen molar-refractivity contribution < 1.29 is 42.2 Å². The summed E-state index contributed by atoms with van der Waals surface area (Å²) in [5.41, 5.74) is 1.35. The maximum Gasteiger partial charge on any atom is 0.335 e. The fraction of sp³-hybridized carbons (Fsp3) is 0.125. The van der Waals surface area contributed by atoms with Crippen molar-refractivity contribution in [3.05, 3.63) is 65.7 Å². The summed E-state index contributed by atoms with van der Waals surface area (Å²) in [6.07, 6.45) is 0.143. The molecular formula is C16H16AuO4PSe. The standard InChI is InChI=1S/C9H9O2Se.C7H7O2P.Au/c10-9(11)6-8(12)7-4-2-1-3-5-7;8-7(9)5-1-3-6(10)4-2-5;/h1-5,8H,6H2,(H,10,11);1-4H,10H2,(H,8,9);. The zero-order chi connectivity index (χ0) is 16.5. The molecule has 23 heavy (non-hydrogen) atoms. The molecule has 126 valence electrons. The molecule has 2 aromatic carbocycles. The van der Waals surface area contributed by atoms with E-state index >= 15 is 0 Å². The minimum atomic E-state index is -0.884. The number of benzene rings is 2. The van der Waals surface area contributed by atoms with E-state index in [9.17, 15) is 9.59 Å². The minimum absolute atomic E-state index is 0. The van der Waals surface area contributed by atoms with Gasteiger partial charge in [0.05, 0.1) is 5.56 Å². The largest absolute Gasteiger partial charge is 0.478 e. The summed E-state index contributed by atoms with van der Waals surface area (Å²) in [4.78, 5) is 20.6. The summed E-state index contributed by atoms with van der Waals surface area (Å²) >= 11 is 2.84. The van der Waals surface area contributed by atoms with E-state index in [2.05, 4.69) is 25.3 Å². The van der Waals surface area contributed by atoms with Crippen LogP contribution in [0.5, 0.6) is 0 Å². The predicted octanol–water partition coefficient (Wildman–Crippen LogP) is 2.25. The zero-order valence-corrected chi connectivity index (χ0v) is 17.0. The number of carboxylic acids is 2. The molecule has 7 heteroatoms. The van der Waals surface area contributed by atoms with E-state index in [1.807, 2.05) is 30.3 Å². The van der Waals surface area contributed by atoms with Gasteiger partial charge in [0, 0.05) is 22.4 Å². The van der Waals surface area contributed by atoms with Crippen molar-refractivity contribution in [2.75, 3.05) is 0 Å². The first-order valence-electron chi connectivity index (χ1n) is 6.41. The van der Waals surface area contributed by atoms with Gasteiger partial charge in [0.1, 0.15) is 0 Å². The van der Waals surface area contributed by atoms with Crippen LogP contribution in [-0.2, 0) is 27.2 Å². The van der Waals surface area contributed by atoms with E-state index in [1.54, 1.807) is 24.3 Å². The van der Waals surface area contributed by atoms with Crippen molar-refractivity contribution in [3.63, 3.8) is 0 Å². The monoisotopic (exact) mass is 580 g/mol. The molecule has 0 heterocycles. The van der Waals surface area contributed by atoms with Crippen LogP contribution >= 0.6 is 9.24 Å². The van der Waals surface area contributed by atoms with Crippen molar-refractivity contribution in [2.24, 2.45) is 0 Å². The number of carbonyl (C=O) groups is 2. The molecule has 2 radical (unpaired) electrons. The van der Waals surface area contributed by atoms with Crippen molar-refractivity contribution in [1.82, 2.24) is 0 Å². The fourth-order valence-electron chi connectivity index (χ4n) is 1.57. The Balaban J connectivity index is 0.000000409. The molecule has 2 N–H and O–H groups in total. The smallest absolute Gasteiger partial charge is 0.335 e. The van der Waals surface area contributed by atoms with Gasteiger partial charge >= 0.3 is 85.0 Å². The first kappa shape index (κ1) is 22.1. The van der Waals surface area contributed by atoms with Crippen LogP contribution in [0.15, 0.2) is 54.6 Å². The summed E-state index contributed by atoms with van der Waals surface area (Å²) in [5, 5.41) is 18.0. The van der Waals surface area contributed by atoms with Crippen LogP contribution in [-0.4, -0.2) is 38.2 Å². The van der Waals surface area contributed by atoms with Gasteiger partial charge in [0.2, 0.25) is 0 Å². The van der Waals surface area contributed by atoms with Gasteiger partial charge in [-0.05, 0) is 17.4 Å². The molecular weight excluding hydrogens is 563 g/mol. The van der Waals surface area contributed by atoms with Gasteiger partial charge < -0.3 is 5.11 Å². The summed E-state index contributed by atoms with van der Waals surface area (Å²) in [7, 11) is 2.49. The fourth-order valence-corrected chi connectivity index (χ4v) is 2.39. The van der Waals surface area contributed by atoms with E-state index in [0.717, 1.165) is 10.9 Å². The van der Waals surface area contributed by atoms with Crippen LogP contribution in [0.3, 0.4) is 0 Å². The third kappa shape index (κ3) is 9.07. The number of hydrogen-bond donors (Lipinski definition) is 2. The van der Waals surface area contributed by atoms with E-state index < -0.39 is 11.9 Å². The molecule has 0 aliphatic carbocycles. The van der Waals surface area contributed by atoms with Gasteiger partial charge in [-0.25, -0.2) is 4.79 Å². The topological polar surface area (TPSA) is 74.6 Å². The maximum atomic E-state index is 10.4. The van der Waals surface area contributed by atoms with Crippen LogP contribution in [0.25, 0.3) is 0 Å². The molecule has 0 bridgehead atoms. The normalized spacial score (nSPS) is 10.5. The van der Waals surface area contributed by atoms with Crippen molar-refractivity contribution in [3.8, 4) is 0 Å². The second-order valence-corrected chi connectivity index (χ2v) is 6.28. The molecule has 2 atom stereocenters. The first-order chi connectivity index (χ1) is 10.4. The van der Waals surface area contributed by atoms with Gasteiger partial charge in [0.15, 0.2) is 0 Å². The van der Waals surface area contributed by atoms with Gasteiger partial charge in [-0.15, -0.1) is 9.24 Å². The first-order valence-corrected chi connectivity index (χ1v) is 7.98. The SMILES string of the molecule is O=C(O)CC([Se])c1ccccc1.O=C(O)c1ccc(P)cc1.[Au]. The molecule has 0 aliphatic rings. The molecule has 0 aromatic heterocycles. The molecule has 2 aromatic rings. The number of carboxylic acid groups (broad SMARTS) is 2. The van der Waals surface area contributed by atoms with Crippen LogP contribution in [0.4, 0.5) is 0 Å². The predicted molar refractivity (Wildman–Crippen MR) is 89.9 cm³/mol. The van der Waals surface area contributed by atoms with E-state index in [-0.39, 0.29) is 33.6 Å². The molecule has 0 saturated carbocycles. The second-order valence-electron chi connectivity index (χ2n) is 4.42. The molecule has 4 nitrogen and oxygen atoms in total. The second kappa shape index (κ2) is 11.6. The third-order valence-electron chi connectivity index (χ3n) is 2.69. The number of rotatable bonds is 4. The summed E-state index contributed by atoms with van der Waals surface area (Å²) in [5.74, 6) is -1.66. The van der Waals surface area contributed by atoms with Gasteiger partial charge in [-0.2, -0.15) is 0 Å². The van der Waals surface area contributed by atoms with Crippen LogP contribution in [0, 0.1) is 0 Å². The quantitative estimate of drug-likeness (QED) is 0.431. The number of aromatic carboxylic acids is 1. The molecule has 2 rings (SSSR count). The summed E-state index contributed by atoms with van der Waals surface area (Å²) < 4.78 is 0. The molecule has 0 aliphatic heterocycles. The Morgan fingerprint density at radius 2 is 1.52 bits per heavy atom. The summed E-state index contributed by atoms with van der Waals surface area (Å²) in [6.45, 7) is 0. The van der Waals surface area contributed by atoms with Crippen LogP contribution < -0.4 is 5.30 Å². The molecule has 0 spiro atoms. The third-order valence-corrected chi connectivity index (χ3v) is 3.99. The molecule has 2 unspecified atom stereocenters. The summed E-state index contributed by atoms with van der Waals surface area (Å²) in [6, 6.07) is 16.2. The molecule has 0 saturated heterocycles. The van der Waals surface area contributed by atoms with Crippen LogP contribution in [0.1, 0.15) is 27.2 Å². The Bertz CT molecular complexity index is 620. The Morgan fingerprint density at radius 1 is 1.00 bits per heavy atom. The van der Waals surface area contributed by atoms with Crippen molar-refractivity contribution in [1.29, 1.82) is 0 Å². The zero-order valence-electron chi connectivity index (χ0n) is 12.0. The minimum Gasteiger partial charge on any atom is -0.478 e. The van der Waals surface area contributed by atoms with Crippen LogP contribution in [0.2, 0.25) is 0 Å². The molecule has 0 fully saturated rings. The molecule has 0 amide bonds. The Labute approximate surface area is 161 Å². The van der Waals surface area contributed by atoms with Crippen molar-refractivity contribution in [2.45, 2.75) is 11.2 Å². The average molecular weight is 579 g/mol. The van der Waals surface area contributed by atoms with E-state index in [1.165, 1.54) is 0 Å². The van der Waals surface area contributed by atoms with Gasteiger partial charge in [-0.3, -0.25) is 0 Å². The van der Waals surface area contributed by atoms with Crippen molar-refractivity contribution >= 4 is 42.5 Å². The number of aliphatic carboxylic acids is 1. The maximum absolute atomic E-state index is 10.4. The Kier molecular flexibility index (Phi) is 11.1. The number of hydrogen-bond acceptors (Lipinski definition) is 2.